The van der Waals surface area contributed by atoms with E-state index < -0.39 is 9.05 Å². The van der Waals surface area contributed by atoms with Crippen molar-refractivity contribution in [2.24, 2.45) is 0 Å². The SMILES string of the molecule is CCO[Si](OCC)(OCC)OCC.O=C=O. The Morgan fingerprint density at radius 3 is 1.06 bits per heavy atom. The van der Waals surface area contributed by atoms with Crippen molar-refractivity contribution < 1.29 is 27.3 Å². The molecule has 96 valence electrons. The van der Waals surface area contributed by atoms with Gasteiger partial charge in [-0.1, -0.05) is 0 Å². The summed E-state index contributed by atoms with van der Waals surface area (Å²) in [6, 6.07) is 0. The van der Waals surface area contributed by atoms with E-state index in [4.69, 9.17) is 27.3 Å². The number of hydrogen-bond acceptors (Lipinski definition) is 6. The lowest BCUT2D eigenvalue weighted by molar-refractivity contribution is -0.191. The van der Waals surface area contributed by atoms with Crippen molar-refractivity contribution in [1.82, 2.24) is 0 Å². The van der Waals surface area contributed by atoms with Crippen LogP contribution in [-0.2, 0) is 27.3 Å². The molecular formula is C9H20O6Si. The molecule has 0 N–H and O–H groups in total. The largest absolute Gasteiger partial charge is 0.679 e. The van der Waals surface area contributed by atoms with Crippen LogP contribution in [-0.4, -0.2) is 41.6 Å². The Bertz CT molecular complexity index is 151. The highest BCUT2D eigenvalue weighted by molar-refractivity contribution is 6.53. The summed E-state index contributed by atoms with van der Waals surface area (Å²) < 4.78 is 21.7. The first-order chi connectivity index (χ1) is 7.66. The molecule has 0 fully saturated rings. The van der Waals surface area contributed by atoms with Gasteiger partial charge in [-0.2, -0.15) is 9.59 Å². The van der Waals surface area contributed by atoms with Crippen LogP contribution in [0.2, 0.25) is 0 Å². The zero-order valence-corrected chi connectivity index (χ0v) is 11.3. The molecular weight excluding hydrogens is 232 g/mol. The van der Waals surface area contributed by atoms with Crippen molar-refractivity contribution in [2.45, 2.75) is 27.7 Å². The average Bonchev–Trinajstić information content (AvgIpc) is 2.20. The third kappa shape index (κ3) is 8.72. The van der Waals surface area contributed by atoms with Crippen molar-refractivity contribution in [3.05, 3.63) is 0 Å². The molecule has 0 aliphatic rings. The van der Waals surface area contributed by atoms with Crippen LogP contribution in [0.4, 0.5) is 0 Å². The first-order valence-electron chi connectivity index (χ1n) is 5.21. The molecule has 0 heterocycles. The minimum Gasteiger partial charge on any atom is -0.351 e. The summed E-state index contributed by atoms with van der Waals surface area (Å²) in [6.45, 7) is 9.80. The topological polar surface area (TPSA) is 71.1 Å². The lowest BCUT2D eigenvalue weighted by Crippen LogP contribution is -2.49. The van der Waals surface area contributed by atoms with Crippen LogP contribution >= 0.6 is 0 Å². The van der Waals surface area contributed by atoms with E-state index in [2.05, 4.69) is 0 Å². The Hall–Kier alpha value is -0.563. The maximum Gasteiger partial charge on any atom is 0.679 e. The van der Waals surface area contributed by atoms with E-state index in [0.717, 1.165) is 0 Å². The first kappa shape index (κ1) is 17.8. The normalized spacial score (nSPS) is 10.2. The van der Waals surface area contributed by atoms with Crippen LogP contribution in [0.1, 0.15) is 27.7 Å². The van der Waals surface area contributed by atoms with Crippen LogP contribution in [0, 0.1) is 0 Å². The van der Waals surface area contributed by atoms with E-state index in [1.54, 1.807) is 0 Å². The van der Waals surface area contributed by atoms with Crippen molar-refractivity contribution in [2.75, 3.05) is 26.4 Å². The molecule has 0 aromatic carbocycles. The lowest BCUT2D eigenvalue weighted by atomic mass is 10.9. The molecule has 0 unspecified atom stereocenters. The van der Waals surface area contributed by atoms with Gasteiger partial charge in [-0.3, -0.25) is 0 Å². The Morgan fingerprint density at radius 1 is 0.750 bits per heavy atom. The zero-order chi connectivity index (χ0) is 12.9. The average molecular weight is 252 g/mol. The van der Waals surface area contributed by atoms with Crippen molar-refractivity contribution in [3.8, 4) is 0 Å². The highest BCUT2D eigenvalue weighted by atomic mass is 28.4. The van der Waals surface area contributed by atoms with Gasteiger partial charge in [-0.15, -0.1) is 0 Å². The highest BCUT2D eigenvalue weighted by Gasteiger charge is 2.44. The van der Waals surface area contributed by atoms with Crippen LogP contribution in [0.3, 0.4) is 0 Å². The summed E-state index contributed by atoms with van der Waals surface area (Å²) in [6.07, 6.45) is 0.250. The van der Waals surface area contributed by atoms with E-state index >= 15 is 0 Å². The second-order valence-corrected chi connectivity index (χ2v) is 4.47. The Morgan fingerprint density at radius 2 is 0.938 bits per heavy atom. The van der Waals surface area contributed by atoms with Gasteiger partial charge in [0.05, 0.1) is 0 Å². The van der Waals surface area contributed by atoms with Gasteiger partial charge < -0.3 is 17.7 Å². The van der Waals surface area contributed by atoms with Crippen LogP contribution in [0.5, 0.6) is 0 Å². The lowest BCUT2D eigenvalue weighted by Gasteiger charge is -2.26. The molecule has 0 spiro atoms. The van der Waals surface area contributed by atoms with E-state index in [9.17, 15) is 0 Å². The fraction of sp³-hybridized carbons (Fsp3) is 0.889. The van der Waals surface area contributed by atoms with E-state index in [1.165, 1.54) is 0 Å². The van der Waals surface area contributed by atoms with Crippen LogP contribution in [0.15, 0.2) is 0 Å². The summed E-state index contributed by atoms with van der Waals surface area (Å²) >= 11 is 0. The number of hydrogen-bond donors (Lipinski definition) is 0. The molecule has 0 saturated heterocycles. The fourth-order valence-electron chi connectivity index (χ4n) is 0.957. The van der Waals surface area contributed by atoms with Gasteiger partial charge >= 0.3 is 15.2 Å². The van der Waals surface area contributed by atoms with Crippen LogP contribution in [0.25, 0.3) is 0 Å². The standard InChI is InChI=1S/C8H20O4Si.CO2/c1-5-9-13(10-6-2,11-7-3)12-8-4;2-1-3/h5-8H2,1-4H3;. The van der Waals surface area contributed by atoms with Crippen molar-refractivity contribution in [3.63, 3.8) is 0 Å². The van der Waals surface area contributed by atoms with Crippen molar-refractivity contribution >= 4 is 15.2 Å². The molecule has 6 nitrogen and oxygen atoms in total. The minimum atomic E-state index is -2.80. The summed E-state index contributed by atoms with van der Waals surface area (Å²) in [5.41, 5.74) is 0. The zero-order valence-electron chi connectivity index (χ0n) is 10.3. The maximum atomic E-state index is 8.12. The molecule has 0 amide bonds. The van der Waals surface area contributed by atoms with Gasteiger partial charge in [-0.05, 0) is 27.7 Å². The quantitative estimate of drug-likeness (QED) is 0.600. The fourth-order valence-corrected chi connectivity index (χ4v) is 2.87. The third-order valence-electron chi connectivity index (χ3n) is 1.28. The Kier molecular flexibility index (Phi) is 13.9. The maximum absolute atomic E-state index is 8.12. The number of rotatable bonds is 8. The monoisotopic (exact) mass is 252 g/mol. The van der Waals surface area contributed by atoms with E-state index in [-0.39, 0.29) is 6.15 Å². The molecule has 0 radical (unpaired) electrons. The summed E-state index contributed by atoms with van der Waals surface area (Å²) in [5, 5.41) is 0. The Labute approximate surface area is 97.3 Å². The first-order valence-corrected chi connectivity index (χ1v) is 6.84. The highest BCUT2D eigenvalue weighted by Crippen LogP contribution is 2.11. The van der Waals surface area contributed by atoms with Gasteiger partial charge in [0, 0.05) is 26.4 Å². The van der Waals surface area contributed by atoms with Gasteiger partial charge in [0.1, 0.15) is 0 Å². The third-order valence-corrected chi connectivity index (χ3v) is 3.85. The summed E-state index contributed by atoms with van der Waals surface area (Å²) in [7, 11) is -2.80. The molecule has 7 heteroatoms. The Balaban J connectivity index is 0. The van der Waals surface area contributed by atoms with E-state index in [1.807, 2.05) is 27.7 Å². The summed E-state index contributed by atoms with van der Waals surface area (Å²) in [5.74, 6) is 0. The molecule has 0 saturated carbocycles. The van der Waals surface area contributed by atoms with Crippen LogP contribution < -0.4 is 0 Å². The second-order valence-electron chi connectivity index (χ2n) is 2.32. The molecule has 0 aromatic heterocycles. The van der Waals surface area contributed by atoms with Crippen molar-refractivity contribution in [1.29, 1.82) is 0 Å². The molecule has 0 rings (SSSR count). The molecule has 0 atom stereocenters. The molecule has 0 aliphatic carbocycles. The predicted molar refractivity (Wildman–Crippen MR) is 57.3 cm³/mol. The van der Waals surface area contributed by atoms with Gasteiger partial charge in [-0.25, -0.2) is 0 Å². The smallest absolute Gasteiger partial charge is 0.351 e. The molecule has 0 aliphatic heterocycles. The minimum absolute atomic E-state index is 0.250. The molecule has 16 heavy (non-hydrogen) atoms. The van der Waals surface area contributed by atoms with Gasteiger partial charge in [0.2, 0.25) is 0 Å². The number of carbonyl (C=O) groups excluding carboxylic acids is 2. The van der Waals surface area contributed by atoms with Gasteiger partial charge in [0.15, 0.2) is 0 Å². The molecule has 0 aromatic rings. The van der Waals surface area contributed by atoms with E-state index in [0.29, 0.717) is 26.4 Å². The predicted octanol–water partition coefficient (Wildman–Crippen LogP) is 0.984. The summed E-state index contributed by atoms with van der Waals surface area (Å²) in [4.78, 5) is 16.2. The van der Waals surface area contributed by atoms with Gasteiger partial charge in [0.25, 0.3) is 0 Å². The molecule has 0 bridgehead atoms. The second kappa shape index (κ2) is 12.5.